The van der Waals surface area contributed by atoms with E-state index in [4.69, 9.17) is 0 Å². The molecule has 0 bridgehead atoms. The van der Waals surface area contributed by atoms with E-state index in [0.29, 0.717) is 0 Å². The van der Waals surface area contributed by atoms with Crippen LogP contribution in [0.4, 0.5) is 0 Å². The van der Waals surface area contributed by atoms with Gasteiger partial charge in [-0.15, -0.1) is 0 Å². The number of aromatic nitrogens is 2. The van der Waals surface area contributed by atoms with Crippen molar-refractivity contribution in [2.24, 2.45) is 0 Å². The molecular formula is C5H7N2OP. The molecule has 0 radical (unpaired) electrons. The third kappa shape index (κ3) is 1.36. The first-order valence-corrected chi connectivity index (χ1v) is 3.51. The summed E-state index contributed by atoms with van der Waals surface area (Å²) in [6.45, 7) is 3.37. The maximum absolute atomic E-state index is 10.6. The van der Waals surface area contributed by atoms with Crippen LogP contribution >= 0.6 is 8.35 Å². The molecule has 1 heterocycles. The molecule has 0 aliphatic rings. The van der Waals surface area contributed by atoms with Crippen LogP contribution in [0.1, 0.15) is 17.4 Å². The van der Waals surface area contributed by atoms with Gasteiger partial charge in [-0.05, 0) is 6.92 Å². The van der Waals surface area contributed by atoms with E-state index in [1.165, 1.54) is 11.4 Å². The van der Waals surface area contributed by atoms with Gasteiger partial charge in [-0.25, -0.2) is 0 Å². The first-order valence-electron chi connectivity index (χ1n) is 2.60. The lowest BCUT2D eigenvalue weighted by molar-refractivity contribution is 0.0934. The Kier molecular flexibility index (Phi) is 1.63. The van der Waals surface area contributed by atoms with Crippen molar-refractivity contribution in [3.05, 3.63) is 11.5 Å². The van der Waals surface area contributed by atoms with Gasteiger partial charge in [-0.2, -0.15) is 9.54 Å². The maximum Gasteiger partial charge on any atom is 0.247 e. The van der Waals surface area contributed by atoms with E-state index < -0.39 is 0 Å². The molecule has 0 fully saturated rings. The molecule has 0 atom stereocenters. The Balaban J connectivity index is 2.98. The summed E-state index contributed by atoms with van der Waals surface area (Å²) >= 11 is 0. The van der Waals surface area contributed by atoms with Crippen LogP contribution in [0.15, 0.2) is 5.80 Å². The second kappa shape index (κ2) is 2.28. The van der Waals surface area contributed by atoms with Gasteiger partial charge in [0.25, 0.3) is 0 Å². The maximum atomic E-state index is 10.6. The van der Waals surface area contributed by atoms with Crippen LogP contribution in [0.2, 0.25) is 0 Å². The first kappa shape index (κ1) is 6.43. The SMILES string of the molecule is CC(=O)n1nc(C)cp1. The summed E-state index contributed by atoms with van der Waals surface area (Å²) in [5, 5.41) is 3.92. The van der Waals surface area contributed by atoms with Crippen LogP contribution in [0.25, 0.3) is 0 Å². The van der Waals surface area contributed by atoms with Gasteiger partial charge in [-0.1, -0.05) is 0 Å². The highest BCUT2D eigenvalue weighted by Gasteiger charge is 1.96. The molecule has 0 saturated carbocycles. The standard InChI is InChI=1S/C5H7N2OP/c1-4-3-9-7(6-4)5(2)8/h3H,1-2H3. The van der Waals surface area contributed by atoms with Crippen LogP contribution in [-0.4, -0.2) is 15.5 Å². The fourth-order valence-corrected chi connectivity index (χ4v) is 1.17. The number of carbonyl (C=O) groups excluding carboxylic acids is 1. The fourth-order valence-electron chi connectivity index (χ4n) is 0.491. The smallest absolute Gasteiger partial charge is 0.247 e. The summed E-state index contributed by atoms with van der Waals surface area (Å²) in [5.74, 6) is 1.88. The number of hydrogen-bond acceptors (Lipinski definition) is 2. The van der Waals surface area contributed by atoms with Gasteiger partial charge >= 0.3 is 0 Å². The van der Waals surface area contributed by atoms with Crippen molar-refractivity contribution in [3.63, 3.8) is 0 Å². The Bertz CT molecular complexity index is 231. The Hall–Kier alpha value is -0.690. The lowest BCUT2D eigenvalue weighted by atomic mass is 10.6. The molecule has 0 aliphatic heterocycles. The third-order valence-electron chi connectivity index (χ3n) is 0.888. The Labute approximate surface area is 54.9 Å². The number of carbonyl (C=O) groups is 1. The topological polar surface area (TPSA) is 34.9 Å². The van der Waals surface area contributed by atoms with Crippen molar-refractivity contribution in [1.29, 1.82) is 0 Å². The van der Waals surface area contributed by atoms with Crippen LogP contribution in [0.3, 0.4) is 0 Å². The highest BCUT2D eigenvalue weighted by molar-refractivity contribution is 7.25. The molecule has 48 valence electrons. The number of aryl methyl sites for hydroxylation is 1. The van der Waals surface area contributed by atoms with Crippen LogP contribution < -0.4 is 0 Å². The molecule has 9 heavy (non-hydrogen) atoms. The molecule has 3 nitrogen and oxygen atoms in total. The number of hydrogen-bond donors (Lipinski definition) is 0. The van der Waals surface area contributed by atoms with Crippen LogP contribution in [-0.2, 0) is 0 Å². The summed E-state index contributed by atoms with van der Waals surface area (Å²) < 4.78 is 1.41. The average Bonchev–Trinajstić information content (AvgIpc) is 2.14. The van der Waals surface area contributed by atoms with Crippen molar-refractivity contribution in [2.45, 2.75) is 13.8 Å². The molecule has 4 heteroatoms. The predicted molar refractivity (Wildman–Crippen MR) is 35.8 cm³/mol. The highest BCUT2D eigenvalue weighted by atomic mass is 31.0. The van der Waals surface area contributed by atoms with Gasteiger partial charge in [0.05, 0.1) is 5.69 Å². The minimum Gasteiger partial charge on any atom is -0.273 e. The summed E-state index contributed by atoms with van der Waals surface area (Å²) in [7, 11) is 0.865. The molecule has 0 saturated heterocycles. The van der Waals surface area contributed by atoms with E-state index in [0.717, 1.165) is 14.0 Å². The van der Waals surface area contributed by atoms with Crippen molar-refractivity contribution in [1.82, 2.24) is 9.54 Å². The van der Waals surface area contributed by atoms with Crippen molar-refractivity contribution < 1.29 is 4.79 Å². The zero-order valence-corrected chi connectivity index (χ0v) is 6.22. The molecule has 1 aromatic rings. The molecule has 0 amide bonds. The van der Waals surface area contributed by atoms with E-state index in [1.807, 2.05) is 12.7 Å². The van der Waals surface area contributed by atoms with Gasteiger partial charge in [0, 0.05) is 21.1 Å². The van der Waals surface area contributed by atoms with Crippen LogP contribution in [0, 0.1) is 6.92 Å². The Morgan fingerprint density at radius 1 is 1.89 bits per heavy atom. The van der Waals surface area contributed by atoms with Crippen molar-refractivity contribution in [3.8, 4) is 0 Å². The first-order chi connectivity index (χ1) is 4.20. The summed E-state index contributed by atoms with van der Waals surface area (Å²) in [6, 6.07) is 0. The number of nitrogens with zero attached hydrogens (tertiary/aromatic N) is 2. The molecule has 1 aromatic heterocycles. The monoisotopic (exact) mass is 142 g/mol. The second-order valence-corrected chi connectivity index (χ2v) is 2.66. The zero-order chi connectivity index (χ0) is 6.85. The van der Waals surface area contributed by atoms with Crippen molar-refractivity contribution in [2.75, 3.05) is 0 Å². The minimum absolute atomic E-state index is 0.00948. The quantitative estimate of drug-likeness (QED) is 0.549. The summed E-state index contributed by atoms with van der Waals surface area (Å²) in [6.07, 6.45) is 0. The van der Waals surface area contributed by atoms with E-state index in [2.05, 4.69) is 5.10 Å². The highest BCUT2D eigenvalue weighted by Crippen LogP contribution is 2.05. The Morgan fingerprint density at radius 2 is 2.56 bits per heavy atom. The molecule has 1 rings (SSSR count). The minimum atomic E-state index is -0.00948. The van der Waals surface area contributed by atoms with E-state index in [1.54, 1.807) is 0 Å². The number of rotatable bonds is 0. The van der Waals surface area contributed by atoms with E-state index in [-0.39, 0.29) is 5.91 Å². The third-order valence-corrected chi connectivity index (χ3v) is 1.97. The largest absolute Gasteiger partial charge is 0.273 e. The van der Waals surface area contributed by atoms with Gasteiger partial charge < -0.3 is 0 Å². The van der Waals surface area contributed by atoms with Gasteiger partial charge in [-0.3, -0.25) is 4.79 Å². The Morgan fingerprint density at radius 3 is 2.78 bits per heavy atom. The van der Waals surface area contributed by atoms with E-state index in [9.17, 15) is 4.79 Å². The lowest BCUT2D eigenvalue weighted by Gasteiger charge is -1.87. The fraction of sp³-hybridized carbons (Fsp3) is 0.400. The molecule has 0 aromatic carbocycles. The van der Waals surface area contributed by atoms with Gasteiger partial charge in [0.1, 0.15) is 0 Å². The predicted octanol–water partition coefficient (Wildman–Crippen LogP) is 1.43. The molecule has 0 N–H and O–H groups in total. The van der Waals surface area contributed by atoms with Gasteiger partial charge in [0.15, 0.2) is 0 Å². The molecule has 0 unspecified atom stereocenters. The van der Waals surface area contributed by atoms with Crippen molar-refractivity contribution >= 4 is 14.3 Å². The average molecular weight is 142 g/mol. The molecular weight excluding hydrogens is 135 g/mol. The summed E-state index contributed by atoms with van der Waals surface area (Å²) in [4.78, 5) is 10.6. The second-order valence-electron chi connectivity index (χ2n) is 1.79. The summed E-state index contributed by atoms with van der Waals surface area (Å²) in [5.41, 5.74) is 0.909. The molecule has 0 aliphatic carbocycles. The molecule has 0 spiro atoms. The van der Waals surface area contributed by atoms with E-state index >= 15 is 0 Å². The normalized spacial score (nSPS) is 10.4. The van der Waals surface area contributed by atoms with Gasteiger partial charge in [0.2, 0.25) is 5.91 Å². The lowest BCUT2D eigenvalue weighted by Crippen LogP contribution is -2.02. The zero-order valence-electron chi connectivity index (χ0n) is 5.33. The van der Waals surface area contributed by atoms with Crippen LogP contribution in [0.5, 0.6) is 0 Å².